The van der Waals surface area contributed by atoms with Crippen LogP contribution in [0.2, 0.25) is 0 Å². The van der Waals surface area contributed by atoms with Crippen molar-refractivity contribution >= 4 is 34.2 Å². The van der Waals surface area contributed by atoms with Gasteiger partial charge in [-0.1, -0.05) is 0 Å². The molecular weight excluding hydrogens is 428 g/mol. The van der Waals surface area contributed by atoms with E-state index in [0.717, 1.165) is 29.1 Å². The molecule has 4 saturated carbocycles. The van der Waals surface area contributed by atoms with Gasteiger partial charge in [0.25, 0.3) is 0 Å². The molecule has 5 rings (SSSR count). The third-order valence-electron chi connectivity index (χ3n) is 7.54. The van der Waals surface area contributed by atoms with Crippen LogP contribution < -0.4 is 5.32 Å². The Morgan fingerprint density at radius 3 is 2.06 bits per heavy atom. The van der Waals surface area contributed by atoms with E-state index in [4.69, 9.17) is 9.47 Å². The topological polar surface area (TPSA) is 84.9 Å². The van der Waals surface area contributed by atoms with E-state index in [0.29, 0.717) is 15.4 Å². The number of anilines is 1. The van der Waals surface area contributed by atoms with Crippen molar-refractivity contribution in [1.82, 2.24) is 4.90 Å². The SMILES string of the molecule is CCOC(=O)c1sc(NC(=O)CN(C)C23CC4CC(CC(C4)C2)C3)c(C(=O)OCC)c1C. The van der Waals surface area contributed by atoms with Gasteiger partial charge in [-0.15, -0.1) is 11.3 Å². The number of hydrogen-bond acceptors (Lipinski definition) is 7. The van der Waals surface area contributed by atoms with E-state index in [-0.39, 0.29) is 36.8 Å². The van der Waals surface area contributed by atoms with Crippen molar-refractivity contribution in [3.63, 3.8) is 0 Å². The van der Waals surface area contributed by atoms with Crippen molar-refractivity contribution in [1.29, 1.82) is 0 Å². The van der Waals surface area contributed by atoms with Gasteiger partial charge in [0, 0.05) is 5.54 Å². The number of esters is 2. The zero-order chi connectivity index (χ0) is 23.0. The Bertz CT molecular complexity index is 873. The zero-order valence-corrected chi connectivity index (χ0v) is 20.3. The van der Waals surface area contributed by atoms with Gasteiger partial charge in [-0.3, -0.25) is 9.69 Å². The Morgan fingerprint density at radius 1 is 1.00 bits per heavy atom. The summed E-state index contributed by atoms with van der Waals surface area (Å²) in [5.74, 6) is 1.19. The predicted molar refractivity (Wildman–Crippen MR) is 123 cm³/mol. The van der Waals surface area contributed by atoms with Crippen molar-refractivity contribution in [3.8, 4) is 0 Å². The minimum absolute atomic E-state index is 0.123. The van der Waals surface area contributed by atoms with E-state index in [9.17, 15) is 14.4 Å². The Balaban J connectivity index is 1.50. The first kappa shape index (κ1) is 23.2. The fourth-order valence-corrected chi connectivity index (χ4v) is 7.63. The predicted octanol–water partition coefficient (Wildman–Crippen LogP) is 4.25. The molecule has 0 aromatic carbocycles. The van der Waals surface area contributed by atoms with E-state index >= 15 is 0 Å². The van der Waals surface area contributed by atoms with E-state index in [1.165, 1.54) is 38.5 Å². The molecule has 8 heteroatoms. The second kappa shape index (κ2) is 9.14. The van der Waals surface area contributed by atoms with Crippen molar-refractivity contribution in [2.75, 3.05) is 32.1 Å². The van der Waals surface area contributed by atoms with Crippen molar-refractivity contribution in [2.24, 2.45) is 17.8 Å². The number of likely N-dealkylation sites (N-methyl/N-ethyl adjacent to an activating group) is 1. The van der Waals surface area contributed by atoms with Gasteiger partial charge in [0.1, 0.15) is 9.88 Å². The normalized spacial score (nSPS) is 28.1. The lowest BCUT2D eigenvalue weighted by Gasteiger charge is -2.59. The fraction of sp³-hybridized carbons (Fsp3) is 0.708. The number of hydrogen-bond donors (Lipinski definition) is 1. The van der Waals surface area contributed by atoms with Gasteiger partial charge >= 0.3 is 11.9 Å². The maximum atomic E-state index is 13.1. The van der Waals surface area contributed by atoms with E-state index in [1.807, 2.05) is 0 Å². The van der Waals surface area contributed by atoms with Crippen LogP contribution in [0, 0.1) is 24.7 Å². The van der Waals surface area contributed by atoms with E-state index in [1.54, 1.807) is 20.8 Å². The third kappa shape index (κ3) is 4.31. The number of nitrogens with one attached hydrogen (secondary N) is 1. The molecule has 1 aromatic heterocycles. The standard InChI is InChI=1S/C24H34N2O5S/c1-5-30-22(28)19-14(3)20(23(29)31-6-2)32-21(19)25-18(27)13-26(4)24-10-15-7-16(11-24)9-17(8-15)12-24/h15-17H,5-13H2,1-4H3,(H,25,27). The number of ether oxygens (including phenoxy) is 2. The molecule has 176 valence electrons. The van der Waals surface area contributed by atoms with Gasteiger partial charge in [-0.2, -0.15) is 0 Å². The van der Waals surface area contributed by atoms with E-state index in [2.05, 4.69) is 17.3 Å². The highest BCUT2D eigenvalue weighted by Gasteiger charge is 2.52. The lowest BCUT2D eigenvalue weighted by molar-refractivity contribution is -0.123. The molecule has 1 N–H and O–H groups in total. The molecule has 0 aliphatic heterocycles. The van der Waals surface area contributed by atoms with Gasteiger partial charge < -0.3 is 14.8 Å². The summed E-state index contributed by atoms with van der Waals surface area (Å²) >= 11 is 1.08. The molecule has 32 heavy (non-hydrogen) atoms. The molecule has 0 radical (unpaired) electrons. The molecule has 0 unspecified atom stereocenters. The molecule has 1 amide bonds. The Morgan fingerprint density at radius 2 is 1.53 bits per heavy atom. The number of amides is 1. The average Bonchev–Trinajstić information content (AvgIpc) is 3.03. The molecule has 0 atom stereocenters. The Labute approximate surface area is 193 Å². The monoisotopic (exact) mass is 462 g/mol. The second-order valence-electron chi connectivity index (χ2n) is 9.75. The van der Waals surface area contributed by atoms with Gasteiger partial charge in [-0.25, -0.2) is 9.59 Å². The minimum Gasteiger partial charge on any atom is -0.462 e. The van der Waals surface area contributed by atoms with Gasteiger partial charge in [0.2, 0.25) is 5.91 Å². The number of nitrogens with zero attached hydrogens (tertiary/aromatic N) is 1. The molecular formula is C24H34N2O5S. The summed E-state index contributed by atoms with van der Waals surface area (Å²) in [7, 11) is 2.06. The van der Waals surface area contributed by atoms with Gasteiger partial charge in [0.05, 0.1) is 25.3 Å². The molecule has 0 spiro atoms. The first-order valence-corrected chi connectivity index (χ1v) is 12.6. The maximum absolute atomic E-state index is 13.1. The molecule has 7 nitrogen and oxygen atoms in total. The highest BCUT2D eigenvalue weighted by atomic mass is 32.1. The van der Waals surface area contributed by atoms with Crippen LogP contribution in [0.4, 0.5) is 5.00 Å². The minimum atomic E-state index is -0.540. The summed E-state index contributed by atoms with van der Waals surface area (Å²) < 4.78 is 10.3. The van der Waals surface area contributed by atoms with Crippen LogP contribution in [0.3, 0.4) is 0 Å². The molecule has 4 aliphatic rings. The summed E-state index contributed by atoms with van der Waals surface area (Å²) in [5.41, 5.74) is 0.847. The number of rotatable bonds is 8. The Hall–Kier alpha value is -1.93. The third-order valence-corrected chi connectivity index (χ3v) is 8.72. The number of carbonyl (C=O) groups excluding carboxylic acids is 3. The first-order chi connectivity index (χ1) is 15.3. The largest absolute Gasteiger partial charge is 0.462 e. The van der Waals surface area contributed by atoms with Crippen molar-refractivity contribution in [3.05, 3.63) is 16.0 Å². The summed E-state index contributed by atoms with van der Waals surface area (Å²) in [6.45, 7) is 5.86. The highest BCUT2D eigenvalue weighted by Crippen LogP contribution is 2.57. The van der Waals surface area contributed by atoms with Crippen molar-refractivity contribution < 1.29 is 23.9 Å². The van der Waals surface area contributed by atoms with Crippen LogP contribution in [-0.2, 0) is 14.3 Å². The molecule has 4 aliphatic carbocycles. The fourth-order valence-electron chi connectivity index (χ4n) is 6.52. The summed E-state index contributed by atoms with van der Waals surface area (Å²) in [5, 5.41) is 3.25. The molecule has 0 saturated heterocycles. The second-order valence-corrected chi connectivity index (χ2v) is 10.8. The number of carbonyl (C=O) groups is 3. The quantitative estimate of drug-likeness (QED) is 0.582. The summed E-state index contributed by atoms with van der Waals surface area (Å²) in [6.07, 6.45) is 7.61. The number of thiophene rings is 1. The molecule has 4 fully saturated rings. The van der Waals surface area contributed by atoms with Crippen LogP contribution >= 0.6 is 11.3 Å². The van der Waals surface area contributed by atoms with Gasteiger partial charge in [-0.05, 0) is 89.7 Å². The van der Waals surface area contributed by atoms with Crippen LogP contribution in [0.15, 0.2) is 0 Å². The average molecular weight is 463 g/mol. The van der Waals surface area contributed by atoms with Crippen LogP contribution in [-0.4, -0.2) is 55.1 Å². The highest BCUT2D eigenvalue weighted by molar-refractivity contribution is 7.18. The lowest BCUT2D eigenvalue weighted by Crippen LogP contribution is -2.59. The summed E-state index contributed by atoms with van der Waals surface area (Å²) in [6, 6.07) is 0. The summed E-state index contributed by atoms with van der Waals surface area (Å²) in [4.78, 5) is 40.5. The van der Waals surface area contributed by atoms with Crippen molar-refractivity contribution in [2.45, 2.75) is 64.8 Å². The Kier molecular flexibility index (Phi) is 6.63. The maximum Gasteiger partial charge on any atom is 0.348 e. The smallest absolute Gasteiger partial charge is 0.348 e. The first-order valence-electron chi connectivity index (χ1n) is 11.7. The molecule has 4 bridgehead atoms. The van der Waals surface area contributed by atoms with Crippen LogP contribution in [0.5, 0.6) is 0 Å². The molecule has 1 aromatic rings. The van der Waals surface area contributed by atoms with Crippen LogP contribution in [0.25, 0.3) is 0 Å². The molecule has 1 heterocycles. The zero-order valence-electron chi connectivity index (χ0n) is 19.5. The lowest BCUT2D eigenvalue weighted by atomic mass is 9.52. The van der Waals surface area contributed by atoms with Crippen LogP contribution in [0.1, 0.15) is 78.0 Å². The van der Waals surface area contributed by atoms with Gasteiger partial charge in [0.15, 0.2) is 0 Å². The van der Waals surface area contributed by atoms with E-state index < -0.39 is 11.9 Å².